The molecule has 9 heteroatoms. The molecule has 5 rings (SSSR count). The molecule has 0 saturated heterocycles. The van der Waals surface area contributed by atoms with Crippen molar-refractivity contribution in [3.63, 3.8) is 0 Å². The maximum Gasteiger partial charge on any atom is 0.236 e. The van der Waals surface area contributed by atoms with Crippen LogP contribution in [0, 0.1) is 0 Å². The quantitative estimate of drug-likeness (QED) is 0.448. The second-order valence-electron chi connectivity index (χ2n) is 6.48. The third-order valence-electron chi connectivity index (χ3n) is 4.71. The Kier molecular flexibility index (Phi) is 5.48. The lowest BCUT2D eigenvalue weighted by Gasteiger charge is -2.22. The number of benzene rings is 2. The summed E-state index contributed by atoms with van der Waals surface area (Å²) in [6.07, 6.45) is 6.98. The Morgan fingerprint density at radius 1 is 1.07 bits per heavy atom. The van der Waals surface area contributed by atoms with Crippen LogP contribution in [0.15, 0.2) is 67.4 Å². The Morgan fingerprint density at radius 3 is 2.63 bits per heavy atom. The number of rotatable bonds is 4. The van der Waals surface area contributed by atoms with Crippen LogP contribution in [-0.2, 0) is 0 Å². The number of fused-ring (bicyclic) bond motifs is 1. The monoisotopic (exact) mass is 441 g/mol. The minimum atomic E-state index is 0. The van der Waals surface area contributed by atoms with E-state index in [0.717, 1.165) is 28.4 Å². The normalized spacial score (nSPS) is 11.8. The van der Waals surface area contributed by atoms with Gasteiger partial charge in [-0.2, -0.15) is 4.98 Å². The summed E-state index contributed by atoms with van der Waals surface area (Å²) in [6, 6.07) is 13.4. The zero-order chi connectivity index (χ0) is 19.8. The van der Waals surface area contributed by atoms with Gasteiger partial charge in [0.05, 0.1) is 0 Å². The van der Waals surface area contributed by atoms with E-state index in [1.54, 1.807) is 17.1 Å². The molecule has 0 amide bonds. The third kappa shape index (κ3) is 3.65. The first-order chi connectivity index (χ1) is 14.2. The molecule has 3 heterocycles. The first kappa shape index (κ1) is 20.0. The fourth-order valence-electron chi connectivity index (χ4n) is 3.17. The van der Waals surface area contributed by atoms with E-state index in [1.807, 2.05) is 66.8 Å². The first-order valence-corrected chi connectivity index (χ1v) is 9.31. The minimum Gasteiger partial charge on any atom is -0.454 e. The lowest BCUT2D eigenvalue weighted by atomic mass is 10.1. The predicted molar refractivity (Wildman–Crippen MR) is 117 cm³/mol. The van der Waals surface area contributed by atoms with Crippen LogP contribution < -0.4 is 14.4 Å². The van der Waals surface area contributed by atoms with Crippen molar-refractivity contribution in [3.05, 3.63) is 72.4 Å². The second kappa shape index (κ2) is 8.22. The van der Waals surface area contributed by atoms with Crippen molar-refractivity contribution in [2.45, 2.75) is 0 Å². The molecular weight excluding hydrogens is 425 g/mol. The Labute approximate surface area is 184 Å². The molecule has 0 fully saturated rings. The number of nitrogens with zero attached hydrogens (tertiary/aromatic N) is 5. The Hall–Kier alpha value is -3.29. The van der Waals surface area contributed by atoms with E-state index in [4.69, 9.17) is 26.1 Å². The summed E-state index contributed by atoms with van der Waals surface area (Å²) in [5.41, 5.74) is 2.76. The van der Waals surface area contributed by atoms with Crippen molar-refractivity contribution in [1.29, 1.82) is 0 Å². The Morgan fingerprint density at radius 2 is 1.87 bits per heavy atom. The first-order valence-electron chi connectivity index (χ1n) is 8.94. The highest BCUT2D eigenvalue weighted by atomic mass is 35.5. The predicted octanol–water partition coefficient (Wildman–Crippen LogP) is 4.90. The SMILES string of the molecule is CN(c1ccc2c(c1)OCO2)c1nc(-n2ccnc2)ncc1-c1ccc(Cl)cc1.Cl. The van der Waals surface area contributed by atoms with E-state index < -0.39 is 0 Å². The number of ether oxygens (including phenoxy) is 2. The molecule has 0 saturated carbocycles. The molecule has 7 nitrogen and oxygen atoms in total. The topological polar surface area (TPSA) is 65.3 Å². The number of halogens is 2. The van der Waals surface area contributed by atoms with Crippen molar-refractivity contribution in [1.82, 2.24) is 19.5 Å². The van der Waals surface area contributed by atoms with Crippen LogP contribution in [0.25, 0.3) is 17.1 Å². The molecule has 152 valence electrons. The smallest absolute Gasteiger partial charge is 0.236 e. The summed E-state index contributed by atoms with van der Waals surface area (Å²) >= 11 is 6.07. The van der Waals surface area contributed by atoms with Crippen molar-refractivity contribution < 1.29 is 9.47 Å². The van der Waals surface area contributed by atoms with Gasteiger partial charge in [-0.15, -0.1) is 12.4 Å². The van der Waals surface area contributed by atoms with E-state index >= 15 is 0 Å². The van der Waals surface area contributed by atoms with E-state index in [-0.39, 0.29) is 19.2 Å². The highest BCUT2D eigenvalue weighted by Crippen LogP contribution is 2.39. The molecule has 30 heavy (non-hydrogen) atoms. The molecule has 0 unspecified atom stereocenters. The van der Waals surface area contributed by atoms with Gasteiger partial charge in [-0.1, -0.05) is 23.7 Å². The standard InChI is InChI=1S/C21H16ClN5O2.ClH/c1-26(16-6-7-18-19(10-16)29-13-28-18)20-17(14-2-4-15(22)5-3-14)11-24-21(25-20)27-9-8-23-12-27;/h2-12H,13H2,1H3;1H. The lowest BCUT2D eigenvalue weighted by Crippen LogP contribution is -2.14. The molecule has 0 spiro atoms. The molecule has 4 aromatic rings. The van der Waals surface area contributed by atoms with Gasteiger partial charge in [0.25, 0.3) is 0 Å². The van der Waals surface area contributed by atoms with E-state index in [2.05, 4.69) is 9.97 Å². The molecule has 0 bridgehead atoms. The van der Waals surface area contributed by atoms with E-state index in [1.165, 1.54) is 0 Å². The van der Waals surface area contributed by atoms with E-state index in [9.17, 15) is 0 Å². The molecular formula is C21H17Cl2N5O2. The Balaban J connectivity index is 0.00000218. The van der Waals surface area contributed by atoms with Crippen LogP contribution >= 0.6 is 24.0 Å². The molecule has 1 aliphatic rings. The van der Waals surface area contributed by atoms with Crippen molar-refractivity contribution >= 4 is 35.5 Å². The molecule has 2 aromatic heterocycles. The number of imidazole rings is 1. The number of aromatic nitrogens is 4. The fraction of sp³-hybridized carbons (Fsp3) is 0.0952. The number of anilines is 2. The molecule has 0 atom stereocenters. The molecule has 0 radical (unpaired) electrons. The number of hydrogen-bond donors (Lipinski definition) is 0. The zero-order valence-corrected chi connectivity index (χ0v) is 17.5. The van der Waals surface area contributed by atoms with Gasteiger partial charge < -0.3 is 14.4 Å². The van der Waals surface area contributed by atoms with Gasteiger partial charge in [0.15, 0.2) is 11.5 Å². The summed E-state index contributed by atoms with van der Waals surface area (Å²) in [7, 11) is 1.96. The van der Waals surface area contributed by atoms with Gasteiger partial charge >= 0.3 is 0 Å². The molecule has 0 aliphatic carbocycles. The van der Waals surface area contributed by atoms with Gasteiger partial charge in [0, 0.05) is 48.0 Å². The highest BCUT2D eigenvalue weighted by Gasteiger charge is 2.19. The second-order valence-corrected chi connectivity index (χ2v) is 6.92. The van der Waals surface area contributed by atoms with Crippen LogP contribution in [0.1, 0.15) is 0 Å². The van der Waals surface area contributed by atoms with Gasteiger partial charge in [-0.3, -0.25) is 4.57 Å². The van der Waals surface area contributed by atoms with Gasteiger partial charge in [-0.25, -0.2) is 9.97 Å². The lowest BCUT2D eigenvalue weighted by molar-refractivity contribution is 0.174. The van der Waals surface area contributed by atoms with Gasteiger partial charge in [-0.05, 0) is 29.8 Å². The van der Waals surface area contributed by atoms with Crippen LogP contribution in [0.4, 0.5) is 11.5 Å². The third-order valence-corrected chi connectivity index (χ3v) is 4.96. The zero-order valence-electron chi connectivity index (χ0n) is 15.9. The van der Waals surface area contributed by atoms with Gasteiger partial charge in [0.2, 0.25) is 12.7 Å². The molecule has 1 aliphatic heterocycles. The van der Waals surface area contributed by atoms with Crippen molar-refractivity contribution in [2.24, 2.45) is 0 Å². The highest BCUT2D eigenvalue weighted by molar-refractivity contribution is 6.30. The number of hydrogen-bond acceptors (Lipinski definition) is 6. The summed E-state index contributed by atoms with van der Waals surface area (Å²) in [4.78, 5) is 15.4. The van der Waals surface area contributed by atoms with Crippen LogP contribution in [0.2, 0.25) is 5.02 Å². The summed E-state index contributed by atoms with van der Waals surface area (Å²) in [5, 5.41) is 0.676. The van der Waals surface area contributed by atoms with Crippen LogP contribution in [-0.4, -0.2) is 33.4 Å². The maximum absolute atomic E-state index is 6.07. The molecule has 2 aromatic carbocycles. The summed E-state index contributed by atoms with van der Waals surface area (Å²) < 4.78 is 12.7. The van der Waals surface area contributed by atoms with E-state index in [0.29, 0.717) is 16.7 Å². The summed E-state index contributed by atoms with van der Waals surface area (Å²) in [5.74, 6) is 2.72. The maximum atomic E-state index is 6.07. The van der Waals surface area contributed by atoms with Crippen molar-refractivity contribution in [2.75, 3.05) is 18.7 Å². The molecule has 0 N–H and O–H groups in total. The fourth-order valence-corrected chi connectivity index (χ4v) is 3.30. The minimum absolute atomic E-state index is 0. The average molecular weight is 442 g/mol. The van der Waals surface area contributed by atoms with Crippen LogP contribution in [0.5, 0.6) is 11.5 Å². The largest absolute Gasteiger partial charge is 0.454 e. The van der Waals surface area contributed by atoms with Crippen molar-refractivity contribution in [3.8, 4) is 28.6 Å². The van der Waals surface area contributed by atoms with Crippen LogP contribution in [0.3, 0.4) is 0 Å². The average Bonchev–Trinajstić information content (AvgIpc) is 3.45. The van der Waals surface area contributed by atoms with Gasteiger partial charge in [0.1, 0.15) is 12.1 Å². The Bertz CT molecular complexity index is 1170. The summed E-state index contributed by atoms with van der Waals surface area (Å²) in [6.45, 7) is 0.233.